The van der Waals surface area contributed by atoms with Crippen LogP contribution in [-0.4, -0.2) is 57.6 Å². The van der Waals surface area contributed by atoms with Gasteiger partial charge >= 0.3 is 11.9 Å². The Bertz CT molecular complexity index is 769. The van der Waals surface area contributed by atoms with Crippen LogP contribution in [0.2, 0.25) is 0 Å². The van der Waals surface area contributed by atoms with Gasteiger partial charge in [0, 0.05) is 18.4 Å². The molecule has 0 spiro atoms. The Labute approximate surface area is 201 Å². The van der Waals surface area contributed by atoms with E-state index in [2.05, 4.69) is 49.6 Å². The molecule has 2 atom stereocenters. The van der Waals surface area contributed by atoms with Crippen LogP contribution < -0.4 is 10.6 Å². The predicted molar refractivity (Wildman–Crippen MR) is 132 cm³/mol. The van der Waals surface area contributed by atoms with Gasteiger partial charge in [-0.2, -0.15) is 11.8 Å². The van der Waals surface area contributed by atoms with E-state index in [1.54, 1.807) is 0 Å². The standard InChI is InChI=1S/C24H38N2O6S/c1-16(2)8-6-9-17(3)10-7-11-18(4)12-13-33-15-21(24(31)32)26-22(28)14-20(23(29)30)25-19(5)27/h8,10,12,20-21H,6-7,9,11,13-15H2,1-5H3,(H,25,27)(H,26,28)(H,29,30)(H,31,32)/b17-10+,18-12+/t20-,21+/m1/s1. The maximum absolute atomic E-state index is 12.0. The highest BCUT2D eigenvalue weighted by atomic mass is 32.2. The number of rotatable bonds is 16. The Kier molecular flexibility index (Phi) is 15.7. The van der Waals surface area contributed by atoms with Crippen LogP contribution in [0.15, 0.2) is 34.9 Å². The van der Waals surface area contributed by atoms with Crippen molar-refractivity contribution in [3.63, 3.8) is 0 Å². The zero-order valence-corrected chi connectivity index (χ0v) is 21.1. The van der Waals surface area contributed by atoms with E-state index in [0.717, 1.165) is 32.6 Å². The Morgan fingerprint density at radius 3 is 1.85 bits per heavy atom. The van der Waals surface area contributed by atoms with Crippen molar-refractivity contribution < 1.29 is 29.4 Å². The van der Waals surface area contributed by atoms with Crippen molar-refractivity contribution in [2.75, 3.05) is 11.5 Å². The van der Waals surface area contributed by atoms with E-state index in [4.69, 9.17) is 5.11 Å². The van der Waals surface area contributed by atoms with Crippen molar-refractivity contribution in [1.82, 2.24) is 10.6 Å². The summed E-state index contributed by atoms with van der Waals surface area (Å²) in [5, 5.41) is 22.9. The summed E-state index contributed by atoms with van der Waals surface area (Å²) >= 11 is 1.37. The molecule has 2 amide bonds. The number of hydrogen-bond donors (Lipinski definition) is 4. The van der Waals surface area contributed by atoms with Gasteiger partial charge in [0.2, 0.25) is 11.8 Å². The number of allylic oxidation sites excluding steroid dienone is 5. The molecule has 0 aliphatic rings. The van der Waals surface area contributed by atoms with Crippen LogP contribution in [-0.2, 0) is 19.2 Å². The lowest BCUT2D eigenvalue weighted by Gasteiger charge is -2.17. The number of amides is 2. The van der Waals surface area contributed by atoms with Gasteiger partial charge < -0.3 is 20.8 Å². The van der Waals surface area contributed by atoms with Crippen molar-refractivity contribution >= 4 is 35.5 Å². The van der Waals surface area contributed by atoms with Gasteiger partial charge in [-0.25, -0.2) is 9.59 Å². The van der Waals surface area contributed by atoms with Crippen LogP contribution in [0.25, 0.3) is 0 Å². The molecule has 33 heavy (non-hydrogen) atoms. The molecule has 0 aromatic carbocycles. The van der Waals surface area contributed by atoms with E-state index in [-0.39, 0.29) is 5.75 Å². The molecule has 0 heterocycles. The molecule has 0 aliphatic heterocycles. The maximum Gasteiger partial charge on any atom is 0.327 e. The second-order valence-electron chi connectivity index (χ2n) is 8.25. The number of aliphatic carboxylic acids is 2. The van der Waals surface area contributed by atoms with E-state index < -0.39 is 42.3 Å². The van der Waals surface area contributed by atoms with Gasteiger partial charge in [-0.1, -0.05) is 34.9 Å². The molecule has 0 fully saturated rings. The van der Waals surface area contributed by atoms with E-state index in [1.807, 2.05) is 6.92 Å². The summed E-state index contributed by atoms with van der Waals surface area (Å²) in [5.41, 5.74) is 3.92. The molecule has 8 nitrogen and oxygen atoms in total. The fourth-order valence-corrected chi connectivity index (χ4v) is 3.78. The summed E-state index contributed by atoms with van der Waals surface area (Å²) < 4.78 is 0. The van der Waals surface area contributed by atoms with Gasteiger partial charge in [-0.3, -0.25) is 9.59 Å². The largest absolute Gasteiger partial charge is 0.480 e. The molecule has 0 unspecified atom stereocenters. The molecular formula is C24H38N2O6S. The minimum absolute atomic E-state index is 0.145. The van der Waals surface area contributed by atoms with Gasteiger partial charge in [0.15, 0.2) is 0 Å². The number of carboxylic acids is 2. The van der Waals surface area contributed by atoms with Crippen LogP contribution >= 0.6 is 11.8 Å². The number of nitrogens with one attached hydrogen (secondary N) is 2. The van der Waals surface area contributed by atoms with E-state index >= 15 is 0 Å². The Morgan fingerprint density at radius 2 is 1.33 bits per heavy atom. The van der Waals surface area contributed by atoms with Crippen molar-refractivity contribution in [3.8, 4) is 0 Å². The minimum Gasteiger partial charge on any atom is -0.480 e. The fourth-order valence-electron chi connectivity index (χ4n) is 2.78. The van der Waals surface area contributed by atoms with Gasteiger partial charge in [0.05, 0.1) is 6.42 Å². The Balaban J connectivity index is 4.46. The molecule has 186 valence electrons. The molecule has 0 bridgehead atoms. The van der Waals surface area contributed by atoms with Gasteiger partial charge in [-0.15, -0.1) is 0 Å². The fraction of sp³-hybridized carbons (Fsp3) is 0.583. The smallest absolute Gasteiger partial charge is 0.327 e. The average Bonchev–Trinajstić information content (AvgIpc) is 2.68. The SMILES string of the molecule is CC(=O)N[C@H](CC(=O)N[C@@H](CSC/C=C(\C)CC/C=C(\C)CCC=C(C)C)C(=O)O)C(=O)O. The molecule has 9 heteroatoms. The molecule has 0 rings (SSSR count). The predicted octanol–water partition coefficient (Wildman–Crippen LogP) is 3.69. The van der Waals surface area contributed by atoms with E-state index in [9.17, 15) is 24.3 Å². The molecule has 4 N–H and O–H groups in total. The summed E-state index contributed by atoms with van der Waals surface area (Å²) in [7, 11) is 0. The lowest BCUT2D eigenvalue weighted by Crippen LogP contribution is -2.47. The van der Waals surface area contributed by atoms with Crippen LogP contribution in [0.1, 0.15) is 66.7 Å². The lowest BCUT2D eigenvalue weighted by atomic mass is 10.1. The summed E-state index contributed by atoms with van der Waals surface area (Å²) in [4.78, 5) is 45.7. The zero-order chi connectivity index (χ0) is 25.4. The third-order valence-electron chi connectivity index (χ3n) is 4.66. The van der Waals surface area contributed by atoms with Gasteiger partial charge in [0.25, 0.3) is 0 Å². The molecule has 0 saturated heterocycles. The molecule has 0 aromatic rings. The first-order valence-electron chi connectivity index (χ1n) is 11.0. The van der Waals surface area contributed by atoms with Crippen LogP contribution in [0.4, 0.5) is 0 Å². The number of thioether (sulfide) groups is 1. The lowest BCUT2D eigenvalue weighted by molar-refractivity contribution is -0.144. The Hall–Kier alpha value is -2.55. The first-order chi connectivity index (χ1) is 15.4. The summed E-state index contributed by atoms with van der Waals surface area (Å²) in [6.07, 6.45) is 10.0. The maximum atomic E-state index is 12.0. The Morgan fingerprint density at radius 1 is 0.788 bits per heavy atom. The number of carboxylic acid groups (broad SMARTS) is 2. The van der Waals surface area contributed by atoms with Gasteiger partial charge in [0.1, 0.15) is 12.1 Å². The first-order valence-corrected chi connectivity index (χ1v) is 12.1. The molecule has 0 aliphatic carbocycles. The highest BCUT2D eigenvalue weighted by Crippen LogP contribution is 2.13. The third kappa shape index (κ3) is 16.7. The highest BCUT2D eigenvalue weighted by molar-refractivity contribution is 7.99. The van der Waals surface area contributed by atoms with Crippen molar-refractivity contribution in [2.24, 2.45) is 0 Å². The molecule has 0 aromatic heterocycles. The van der Waals surface area contributed by atoms with Crippen molar-refractivity contribution in [3.05, 3.63) is 34.9 Å². The van der Waals surface area contributed by atoms with E-state index in [0.29, 0.717) is 5.75 Å². The molecule has 0 saturated carbocycles. The van der Waals surface area contributed by atoms with Gasteiger partial charge in [-0.05, 0) is 53.4 Å². The average molecular weight is 483 g/mol. The van der Waals surface area contributed by atoms with Crippen molar-refractivity contribution in [1.29, 1.82) is 0 Å². The number of hydrogen-bond acceptors (Lipinski definition) is 5. The van der Waals surface area contributed by atoms with Crippen LogP contribution in [0.5, 0.6) is 0 Å². The number of carbonyl (C=O) groups is 4. The highest BCUT2D eigenvalue weighted by Gasteiger charge is 2.25. The van der Waals surface area contributed by atoms with E-state index in [1.165, 1.54) is 28.5 Å². The first kappa shape index (κ1) is 30.4. The summed E-state index contributed by atoms with van der Waals surface area (Å²) in [6.45, 7) is 9.52. The topological polar surface area (TPSA) is 133 Å². The summed E-state index contributed by atoms with van der Waals surface area (Å²) in [5.74, 6) is -3.14. The quantitative estimate of drug-likeness (QED) is 0.195. The normalized spacial score (nSPS) is 13.6. The summed E-state index contributed by atoms with van der Waals surface area (Å²) in [6, 6.07) is -2.55. The number of carbonyl (C=O) groups excluding carboxylic acids is 2. The second kappa shape index (κ2) is 17.0. The van der Waals surface area contributed by atoms with Crippen LogP contribution in [0.3, 0.4) is 0 Å². The molecular weight excluding hydrogens is 444 g/mol. The monoisotopic (exact) mass is 482 g/mol. The van der Waals surface area contributed by atoms with Crippen molar-refractivity contribution in [2.45, 2.75) is 78.8 Å². The zero-order valence-electron chi connectivity index (χ0n) is 20.3. The second-order valence-corrected chi connectivity index (χ2v) is 9.33. The molecule has 0 radical (unpaired) electrons. The minimum atomic E-state index is -1.40. The third-order valence-corrected chi connectivity index (χ3v) is 5.63. The van der Waals surface area contributed by atoms with Crippen LogP contribution in [0, 0.1) is 0 Å².